The molecule has 0 spiro atoms. The molecular weight excluding hydrogens is 188 g/mol. The molecule has 0 bridgehead atoms. The van der Waals surface area contributed by atoms with Crippen LogP contribution in [0.25, 0.3) is 0 Å². The van der Waals surface area contributed by atoms with Gasteiger partial charge in [0.25, 0.3) is 0 Å². The highest BCUT2D eigenvalue weighted by Crippen LogP contribution is 2.25. The minimum Gasteiger partial charge on any atom is -0.382 e. The van der Waals surface area contributed by atoms with Crippen LogP contribution >= 0.6 is 27.5 Å². The van der Waals surface area contributed by atoms with Crippen molar-refractivity contribution in [1.29, 1.82) is 0 Å². The summed E-state index contributed by atoms with van der Waals surface area (Å²) in [6.45, 7) is 1.97. The molecular formula is C4H5BrN2S. The largest absolute Gasteiger partial charge is 0.382 e. The first-order valence-corrected chi connectivity index (χ1v) is 3.65. The van der Waals surface area contributed by atoms with Crippen molar-refractivity contribution in [2.75, 3.05) is 5.73 Å². The summed E-state index contributed by atoms with van der Waals surface area (Å²) in [4.78, 5) is 1.13. The maximum atomic E-state index is 5.39. The standard InChI is InChI=1S/C4H5BrN2S/c1-2-3(5)4(6)7-8-2/h1H3,(H2,6,7). The normalized spacial score (nSPS) is 9.75. The third-order valence-corrected chi connectivity index (χ3v) is 2.84. The monoisotopic (exact) mass is 192 g/mol. The molecule has 0 aliphatic heterocycles. The summed E-state index contributed by atoms with van der Waals surface area (Å²) in [5.41, 5.74) is 5.39. The highest BCUT2D eigenvalue weighted by Gasteiger charge is 2.00. The average Bonchev–Trinajstić information content (AvgIpc) is 1.98. The minimum absolute atomic E-state index is 0.590. The van der Waals surface area contributed by atoms with E-state index in [1.165, 1.54) is 11.5 Å². The van der Waals surface area contributed by atoms with Crippen LogP contribution in [0.3, 0.4) is 0 Å². The van der Waals surface area contributed by atoms with Gasteiger partial charge >= 0.3 is 0 Å². The molecule has 8 heavy (non-hydrogen) atoms. The quantitative estimate of drug-likeness (QED) is 0.682. The van der Waals surface area contributed by atoms with Crippen molar-refractivity contribution < 1.29 is 0 Å². The van der Waals surface area contributed by atoms with Gasteiger partial charge in [-0.25, -0.2) is 0 Å². The van der Waals surface area contributed by atoms with E-state index in [0.29, 0.717) is 5.82 Å². The maximum absolute atomic E-state index is 5.39. The molecule has 0 saturated carbocycles. The SMILES string of the molecule is Cc1snc(N)c1Br. The van der Waals surface area contributed by atoms with Crippen LogP contribution in [-0.4, -0.2) is 4.37 Å². The lowest BCUT2D eigenvalue weighted by Gasteiger charge is -1.81. The van der Waals surface area contributed by atoms with Crippen LogP contribution in [0.2, 0.25) is 0 Å². The van der Waals surface area contributed by atoms with Crippen LogP contribution in [0.5, 0.6) is 0 Å². The van der Waals surface area contributed by atoms with Gasteiger partial charge in [-0.3, -0.25) is 0 Å². The predicted molar refractivity (Wildman–Crippen MR) is 39.0 cm³/mol. The van der Waals surface area contributed by atoms with Crippen LogP contribution in [0.1, 0.15) is 4.88 Å². The van der Waals surface area contributed by atoms with Gasteiger partial charge in [0.2, 0.25) is 0 Å². The molecule has 44 valence electrons. The molecule has 0 aromatic carbocycles. The summed E-state index contributed by atoms with van der Waals surface area (Å²) in [6, 6.07) is 0. The molecule has 2 N–H and O–H groups in total. The number of hydrogen-bond donors (Lipinski definition) is 1. The molecule has 1 rings (SSSR count). The van der Waals surface area contributed by atoms with E-state index in [0.717, 1.165) is 9.35 Å². The van der Waals surface area contributed by atoms with E-state index in [9.17, 15) is 0 Å². The molecule has 1 aromatic heterocycles. The van der Waals surface area contributed by atoms with Gasteiger partial charge in [0.05, 0.1) is 4.47 Å². The first-order chi connectivity index (χ1) is 3.72. The number of hydrogen-bond acceptors (Lipinski definition) is 3. The third-order valence-electron chi connectivity index (χ3n) is 0.815. The van der Waals surface area contributed by atoms with E-state index in [4.69, 9.17) is 5.73 Å². The molecule has 0 amide bonds. The van der Waals surface area contributed by atoms with Crippen molar-refractivity contribution in [3.8, 4) is 0 Å². The van der Waals surface area contributed by atoms with E-state index >= 15 is 0 Å². The van der Waals surface area contributed by atoms with Crippen molar-refractivity contribution in [3.05, 3.63) is 9.35 Å². The Kier molecular flexibility index (Phi) is 1.53. The van der Waals surface area contributed by atoms with Crippen LogP contribution in [0, 0.1) is 6.92 Å². The summed E-state index contributed by atoms with van der Waals surface area (Å²) in [5, 5.41) is 0. The third kappa shape index (κ3) is 0.855. The Morgan fingerprint density at radius 3 is 2.50 bits per heavy atom. The minimum atomic E-state index is 0.590. The smallest absolute Gasteiger partial charge is 0.151 e. The fraction of sp³-hybridized carbons (Fsp3) is 0.250. The summed E-state index contributed by atoms with van der Waals surface area (Å²) in [6.07, 6.45) is 0. The summed E-state index contributed by atoms with van der Waals surface area (Å²) >= 11 is 4.68. The van der Waals surface area contributed by atoms with Gasteiger partial charge in [0.1, 0.15) is 0 Å². The molecule has 4 heteroatoms. The van der Waals surface area contributed by atoms with Crippen molar-refractivity contribution in [2.24, 2.45) is 0 Å². The molecule has 0 aliphatic rings. The lowest BCUT2D eigenvalue weighted by molar-refractivity contribution is 1.51. The molecule has 0 unspecified atom stereocenters. The van der Waals surface area contributed by atoms with Crippen molar-refractivity contribution in [2.45, 2.75) is 6.92 Å². The second-order valence-electron chi connectivity index (χ2n) is 1.44. The van der Waals surface area contributed by atoms with Crippen LogP contribution < -0.4 is 5.73 Å². The molecule has 0 fully saturated rings. The Bertz CT molecular complexity index is 176. The number of aromatic nitrogens is 1. The van der Waals surface area contributed by atoms with E-state index in [-0.39, 0.29) is 0 Å². The van der Waals surface area contributed by atoms with Crippen molar-refractivity contribution >= 4 is 33.3 Å². The van der Waals surface area contributed by atoms with Crippen LogP contribution in [0.4, 0.5) is 5.82 Å². The number of halogens is 1. The second kappa shape index (κ2) is 2.03. The Morgan fingerprint density at radius 2 is 2.38 bits per heavy atom. The van der Waals surface area contributed by atoms with Crippen molar-refractivity contribution in [3.63, 3.8) is 0 Å². The first-order valence-electron chi connectivity index (χ1n) is 2.09. The maximum Gasteiger partial charge on any atom is 0.151 e. The second-order valence-corrected chi connectivity index (χ2v) is 3.21. The lowest BCUT2D eigenvalue weighted by Crippen LogP contribution is -1.82. The number of anilines is 1. The molecule has 0 atom stereocenters. The van der Waals surface area contributed by atoms with E-state index in [1.807, 2.05) is 6.92 Å². The van der Waals surface area contributed by atoms with E-state index < -0.39 is 0 Å². The van der Waals surface area contributed by atoms with Gasteiger partial charge in [-0.05, 0) is 34.4 Å². The van der Waals surface area contributed by atoms with Gasteiger partial charge in [-0.1, -0.05) is 0 Å². The number of nitrogens with two attached hydrogens (primary N) is 1. The van der Waals surface area contributed by atoms with Gasteiger partial charge in [0.15, 0.2) is 5.82 Å². The van der Waals surface area contributed by atoms with Gasteiger partial charge < -0.3 is 5.73 Å². The summed E-state index contributed by atoms with van der Waals surface area (Å²) in [5.74, 6) is 0.590. The molecule has 0 saturated heterocycles. The topological polar surface area (TPSA) is 38.9 Å². The van der Waals surface area contributed by atoms with Crippen LogP contribution in [0.15, 0.2) is 4.47 Å². The Hall–Kier alpha value is -0.0900. The fourth-order valence-corrected chi connectivity index (χ4v) is 1.31. The average molecular weight is 193 g/mol. The molecule has 2 nitrogen and oxygen atoms in total. The van der Waals surface area contributed by atoms with Gasteiger partial charge in [-0.15, -0.1) is 0 Å². The Labute approximate surface area is 60.0 Å². The number of rotatable bonds is 0. The number of nitrogen functional groups attached to an aromatic ring is 1. The van der Waals surface area contributed by atoms with Gasteiger partial charge in [0, 0.05) is 4.88 Å². The fourth-order valence-electron chi connectivity index (χ4n) is 0.378. The number of aryl methyl sites for hydroxylation is 1. The van der Waals surface area contributed by atoms with E-state index in [2.05, 4.69) is 20.3 Å². The predicted octanol–water partition coefficient (Wildman–Crippen LogP) is 1.80. The zero-order valence-corrected chi connectivity index (χ0v) is 6.71. The lowest BCUT2D eigenvalue weighted by atomic mass is 10.5. The van der Waals surface area contributed by atoms with Gasteiger partial charge in [-0.2, -0.15) is 4.37 Å². The van der Waals surface area contributed by atoms with Crippen LogP contribution in [-0.2, 0) is 0 Å². The Balaban J connectivity index is 3.19. The Morgan fingerprint density at radius 1 is 1.75 bits per heavy atom. The highest BCUT2D eigenvalue weighted by atomic mass is 79.9. The number of nitrogens with zero attached hydrogens (tertiary/aromatic N) is 1. The zero-order valence-electron chi connectivity index (χ0n) is 4.31. The first kappa shape index (κ1) is 6.04. The van der Waals surface area contributed by atoms with Crippen molar-refractivity contribution in [1.82, 2.24) is 4.37 Å². The molecule has 0 aliphatic carbocycles. The summed E-state index contributed by atoms with van der Waals surface area (Å²) in [7, 11) is 0. The highest BCUT2D eigenvalue weighted by molar-refractivity contribution is 9.10. The van der Waals surface area contributed by atoms with E-state index in [1.54, 1.807) is 0 Å². The molecule has 0 radical (unpaired) electrons. The zero-order chi connectivity index (χ0) is 6.15. The summed E-state index contributed by atoms with van der Waals surface area (Å²) < 4.78 is 4.82. The molecule has 1 heterocycles. The molecule has 1 aromatic rings.